The highest BCUT2D eigenvalue weighted by atomic mass is 32.1. The van der Waals surface area contributed by atoms with E-state index in [0.29, 0.717) is 6.04 Å². The molecular formula is C20H19N3O2S. The zero-order valence-corrected chi connectivity index (χ0v) is 15.1. The zero-order chi connectivity index (χ0) is 17.5. The summed E-state index contributed by atoms with van der Waals surface area (Å²) in [7, 11) is 0. The zero-order valence-electron chi connectivity index (χ0n) is 14.3. The Morgan fingerprint density at radius 3 is 2.73 bits per heavy atom. The number of thiazole rings is 1. The molecule has 0 saturated carbocycles. The summed E-state index contributed by atoms with van der Waals surface area (Å²) in [5.74, 6) is 0.730. The van der Waals surface area contributed by atoms with Crippen LogP contribution in [0.4, 0.5) is 0 Å². The summed E-state index contributed by atoms with van der Waals surface area (Å²) in [6, 6.07) is 14.8. The van der Waals surface area contributed by atoms with Crippen molar-refractivity contribution in [1.82, 2.24) is 14.5 Å². The molecule has 1 aliphatic heterocycles. The number of aliphatic hydroxyl groups excluding tert-OH is 1. The van der Waals surface area contributed by atoms with Gasteiger partial charge >= 0.3 is 0 Å². The molecule has 5 nitrogen and oxygen atoms in total. The van der Waals surface area contributed by atoms with Gasteiger partial charge in [0, 0.05) is 24.8 Å². The second-order valence-electron chi connectivity index (χ2n) is 6.59. The number of aromatic nitrogens is 3. The summed E-state index contributed by atoms with van der Waals surface area (Å²) in [5.41, 5.74) is 4.08. The monoisotopic (exact) mass is 365 g/mol. The second-order valence-corrected chi connectivity index (χ2v) is 7.62. The molecule has 2 aromatic heterocycles. The molecule has 3 heterocycles. The van der Waals surface area contributed by atoms with Gasteiger partial charge in [-0.15, -0.1) is 11.3 Å². The summed E-state index contributed by atoms with van der Waals surface area (Å²) >= 11 is 1.69. The Balaban J connectivity index is 1.61. The molecule has 1 N–H and O–H groups in total. The van der Waals surface area contributed by atoms with Crippen LogP contribution in [0.1, 0.15) is 24.7 Å². The lowest BCUT2D eigenvalue weighted by Crippen LogP contribution is -2.21. The van der Waals surface area contributed by atoms with E-state index in [1.54, 1.807) is 11.3 Å². The first-order chi connectivity index (χ1) is 12.8. The van der Waals surface area contributed by atoms with E-state index in [4.69, 9.17) is 14.7 Å². The van der Waals surface area contributed by atoms with Gasteiger partial charge in [0.05, 0.1) is 21.3 Å². The van der Waals surface area contributed by atoms with Crippen LogP contribution in [0.3, 0.4) is 0 Å². The quantitative estimate of drug-likeness (QED) is 0.592. The van der Waals surface area contributed by atoms with Crippen LogP contribution in [0.5, 0.6) is 0 Å². The maximum absolute atomic E-state index is 9.81. The molecule has 0 atom stereocenters. The van der Waals surface area contributed by atoms with Gasteiger partial charge < -0.3 is 14.4 Å². The summed E-state index contributed by atoms with van der Waals surface area (Å²) in [6.45, 7) is 1.47. The third-order valence-corrected chi connectivity index (χ3v) is 6.09. The van der Waals surface area contributed by atoms with E-state index < -0.39 is 0 Å². The molecule has 0 spiro atoms. The molecule has 1 fully saturated rings. The van der Waals surface area contributed by atoms with Crippen molar-refractivity contribution in [2.24, 2.45) is 0 Å². The average molecular weight is 365 g/mol. The van der Waals surface area contributed by atoms with E-state index in [-0.39, 0.29) is 6.61 Å². The van der Waals surface area contributed by atoms with Crippen molar-refractivity contribution in [2.75, 3.05) is 13.2 Å². The minimum absolute atomic E-state index is 0.0531. The van der Waals surface area contributed by atoms with E-state index in [2.05, 4.69) is 28.8 Å². The largest absolute Gasteiger partial charge is 0.388 e. The number of hydrogen-bond donors (Lipinski definition) is 1. The third kappa shape index (κ3) is 2.61. The first-order valence-electron chi connectivity index (χ1n) is 8.89. The average Bonchev–Trinajstić information content (AvgIpc) is 3.29. The minimum Gasteiger partial charge on any atom is -0.388 e. The van der Waals surface area contributed by atoms with Crippen molar-refractivity contribution in [2.45, 2.75) is 25.5 Å². The Labute approximate surface area is 154 Å². The number of para-hydroxylation sites is 1. The summed E-state index contributed by atoms with van der Waals surface area (Å²) in [4.78, 5) is 9.44. The standard InChI is InChI=1S/C20H19N3O2S/c24-12-19-21-16-11-13(20-22-15-3-1-2-4-18(15)26-20)5-6-17(16)23(19)14-7-9-25-10-8-14/h1-6,11,14,24H,7-10,12H2. The molecule has 2 aromatic carbocycles. The van der Waals surface area contributed by atoms with E-state index in [1.165, 1.54) is 4.70 Å². The van der Waals surface area contributed by atoms with Crippen molar-refractivity contribution in [3.63, 3.8) is 0 Å². The third-order valence-electron chi connectivity index (χ3n) is 5.00. The molecule has 5 rings (SSSR count). The Morgan fingerprint density at radius 2 is 1.92 bits per heavy atom. The van der Waals surface area contributed by atoms with Gasteiger partial charge in [-0.05, 0) is 43.2 Å². The lowest BCUT2D eigenvalue weighted by Gasteiger charge is -2.25. The molecule has 0 aliphatic carbocycles. The first kappa shape index (κ1) is 15.9. The number of ether oxygens (including phenoxy) is 1. The highest BCUT2D eigenvalue weighted by Crippen LogP contribution is 2.34. The van der Waals surface area contributed by atoms with Gasteiger partial charge in [-0.25, -0.2) is 9.97 Å². The number of hydrogen-bond acceptors (Lipinski definition) is 5. The van der Waals surface area contributed by atoms with E-state index >= 15 is 0 Å². The molecule has 0 radical (unpaired) electrons. The van der Waals surface area contributed by atoms with Crippen LogP contribution >= 0.6 is 11.3 Å². The minimum atomic E-state index is -0.0531. The number of benzene rings is 2. The van der Waals surface area contributed by atoms with Gasteiger partial charge in [0.15, 0.2) is 0 Å². The van der Waals surface area contributed by atoms with E-state index in [0.717, 1.165) is 59.0 Å². The second kappa shape index (κ2) is 6.46. The van der Waals surface area contributed by atoms with Crippen LogP contribution in [-0.2, 0) is 11.3 Å². The number of nitrogens with zero attached hydrogens (tertiary/aromatic N) is 3. The smallest absolute Gasteiger partial charge is 0.135 e. The maximum atomic E-state index is 9.81. The molecule has 0 unspecified atom stereocenters. The highest BCUT2D eigenvalue weighted by Gasteiger charge is 2.22. The summed E-state index contributed by atoms with van der Waals surface area (Å²) in [6.07, 6.45) is 1.91. The van der Waals surface area contributed by atoms with Crippen molar-refractivity contribution in [1.29, 1.82) is 0 Å². The highest BCUT2D eigenvalue weighted by molar-refractivity contribution is 7.21. The van der Waals surface area contributed by atoms with Gasteiger partial charge in [-0.2, -0.15) is 0 Å². The Hall–Kier alpha value is -2.28. The number of aliphatic hydroxyl groups is 1. The number of imidazole rings is 1. The SMILES string of the molecule is OCc1nc2cc(-c3nc4ccccc4s3)ccc2n1C1CCOCC1. The fraction of sp³-hybridized carbons (Fsp3) is 0.300. The fourth-order valence-electron chi connectivity index (χ4n) is 3.74. The van der Waals surface area contributed by atoms with Crippen molar-refractivity contribution in [3.05, 3.63) is 48.3 Å². The van der Waals surface area contributed by atoms with Crippen LogP contribution in [-0.4, -0.2) is 32.9 Å². The lowest BCUT2D eigenvalue weighted by molar-refractivity contribution is 0.0687. The predicted octanol–water partition coefficient (Wildman–Crippen LogP) is 4.16. The van der Waals surface area contributed by atoms with Crippen molar-refractivity contribution >= 4 is 32.6 Å². The molecule has 4 aromatic rings. The molecule has 0 bridgehead atoms. The van der Waals surface area contributed by atoms with Crippen LogP contribution in [0, 0.1) is 0 Å². The first-order valence-corrected chi connectivity index (χ1v) is 9.70. The predicted molar refractivity (Wildman–Crippen MR) is 103 cm³/mol. The number of fused-ring (bicyclic) bond motifs is 2. The Kier molecular flexibility index (Phi) is 3.96. The molecular weight excluding hydrogens is 346 g/mol. The van der Waals surface area contributed by atoms with Crippen LogP contribution in [0.25, 0.3) is 31.8 Å². The normalized spacial score (nSPS) is 15.9. The van der Waals surface area contributed by atoms with Gasteiger partial charge in [-0.1, -0.05) is 12.1 Å². The topological polar surface area (TPSA) is 60.2 Å². The van der Waals surface area contributed by atoms with Crippen molar-refractivity contribution in [3.8, 4) is 10.6 Å². The van der Waals surface area contributed by atoms with Gasteiger partial charge in [0.1, 0.15) is 17.4 Å². The lowest BCUT2D eigenvalue weighted by atomic mass is 10.1. The van der Waals surface area contributed by atoms with Gasteiger partial charge in [0.25, 0.3) is 0 Å². The molecule has 132 valence electrons. The van der Waals surface area contributed by atoms with Crippen LogP contribution in [0.2, 0.25) is 0 Å². The van der Waals surface area contributed by atoms with Gasteiger partial charge in [0.2, 0.25) is 0 Å². The van der Waals surface area contributed by atoms with E-state index in [9.17, 15) is 5.11 Å². The Bertz CT molecular complexity index is 1050. The molecule has 1 saturated heterocycles. The van der Waals surface area contributed by atoms with Crippen LogP contribution < -0.4 is 0 Å². The van der Waals surface area contributed by atoms with Crippen molar-refractivity contribution < 1.29 is 9.84 Å². The maximum Gasteiger partial charge on any atom is 0.135 e. The Morgan fingerprint density at radius 1 is 1.08 bits per heavy atom. The summed E-state index contributed by atoms with van der Waals surface area (Å²) in [5, 5.41) is 10.8. The van der Waals surface area contributed by atoms with Gasteiger partial charge in [-0.3, -0.25) is 0 Å². The van der Waals surface area contributed by atoms with Crippen LogP contribution in [0.15, 0.2) is 42.5 Å². The fourth-order valence-corrected chi connectivity index (χ4v) is 4.70. The summed E-state index contributed by atoms with van der Waals surface area (Å²) < 4.78 is 8.87. The molecule has 0 amide bonds. The molecule has 6 heteroatoms. The number of rotatable bonds is 3. The molecule has 1 aliphatic rings. The molecule has 26 heavy (non-hydrogen) atoms. The van der Waals surface area contributed by atoms with E-state index in [1.807, 2.05) is 18.2 Å².